The predicted octanol–water partition coefficient (Wildman–Crippen LogP) is 3.01. The Kier molecular flexibility index (Phi) is 3.55. The molecular weight excluding hydrogens is 194 g/mol. The maximum atomic E-state index is 10.1. The molecule has 0 spiro atoms. The molecule has 2 nitrogen and oxygen atoms in total. The van der Waals surface area contributed by atoms with Crippen LogP contribution in [0.4, 0.5) is 0 Å². The first-order chi connectivity index (χ1) is 6.29. The van der Waals surface area contributed by atoms with Crippen LogP contribution < -0.4 is 0 Å². The van der Waals surface area contributed by atoms with Crippen LogP contribution in [-0.4, -0.2) is 33.4 Å². The molecule has 0 unspecified atom stereocenters. The van der Waals surface area contributed by atoms with Crippen molar-refractivity contribution in [3.63, 3.8) is 0 Å². The summed E-state index contributed by atoms with van der Waals surface area (Å²) in [6.07, 6.45) is 4.34. The highest BCUT2D eigenvalue weighted by Crippen LogP contribution is 2.40. The standard InChI is InChI=1S/C11H23NOS/c1-10(2)6-9(8-14-5)7-11(3,4)12(10)13/h9,13H,6-8H2,1-5H3. The molecule has 1 aliphatic rings. The van der Waals surface area contributed by atoms with Crippen LogP contribution in [0.15, 0.2) is 0 Å². The van der Waals surface area contributed by atoms with Gasteiger partial charge in [0.25, 0.3) is 0 Å². The number of thioether (sulfide) groups is 1. The van der Waals surface area contributed by atoms with Gasteiger partial charge in [-0.1, -0.05) is 0 Å². The summed E-state index contributed by atoms with van der Waals surface area (Å²) in [7, 11) is 0. The normalized spacial score (nSPS) is 27.9. The van der Waals surface area contributed by atoms with E-state index in [-0.39, 0.29) is 11.1 Å². The van der Waals surface area contributed by atoms with E-state index in [4.69, 9.17) is 0 Å². The van der Waals surface area contributed by atoms with E-state index in [0.717, 1.165) is 18.8 Å². The van der Waals surface area contributed by atoms with Crippen LogP contribution in [0.3, 0.4) is 0 Å². The molecular formula is C11H23NOS. The molecule has 3 heteroatoms. The Morgan fingerprint density at radius 3 is 2.00 bits per heavy atom. The van der Waals surface area contributed by atoms with E-state index in [1.807, 2.05) is 11.8 Å². The Bertz CT molecular complexity index is 185. The first-order valence-corrected chi connectivity index (χ1v) is 6.67. The van der Waals surface area contributed by atoms with Crippen LogP contribution in [0.25, 0.3) is 0 Å². The summed E-state index contributed by atoms with van der Waals surface area (Å²) in [6.45, 7) is 8.50. The van der Waals surface area contributed by atoms with Gasteiger partial charge in [-0.3, -0.25) is 0 Å². The fraction of sp³-hybridized carbons (Fsp3) is 1.00. The zero-order valence-corrected chi connectivity index (χ0v) is 10.8. The molecule has 0 aromatic carbocycles. The summed E-state index contributed by atoms with van der Waals surface area (Å²) in [6, 6.07) is 0. The molecule has 84 valence electrons. The lowest BCUT2D eigenvalue weighted by Crippen LogP contribution is -2.59. The van der Waals surface area contributed by atoms with E-state index in [9.17, 15) is 5.21 Å². The number of nitrogens with zero attached hydrogens (tertiary/aromatic N) is 1. The van der Waals surface area contributed by atoms with Crippen molar-refractivity contribution < 1.29 is 5.21 Å². The lowest BCUT2D eigenvalue weighted by molar-refractivity contribution is -0.249. The number of hydrogen-bond acceptors (Lipinski definition) is 3. The van der Waals surface area contributed by atoms with Gasteiger partial charge in [0.15, 0.2) is 0 Å². The van der Waals surface area contributed by atoms with Gasteiger partial charge in [-0.2, -0.15) is 16.8 Å². The fourth-order valence-electron chi connectivity index (χ4n) is 2.83. The first kappa shape index (κ1) is 12.3. The van der Waals surface area contributed by atoms with Gasteiger partial charge in [-0.05, 0) is 58.5 Å². The van der Waals surface area contributed by atoms with Gasteiger partial charge >= 0.3 is 0 Å². The first-order valence-electron chi connectivity index (χ1n) is 5.28. The highest BCUT2D eigenvalue weighted by molar-refractivity contribution is 7.98. The minimum absolute atomic E-state index is 0.0812. The molecule has 0 aliphatic carbocycles. The van der Waals surface area contributed by atoms with E-state index >= 15 is 0 Å². The summed E-state index contributed by atoms with van der Waals surface area (Å²) >= 11 is 1.91. The second kappa shape index (κ2) is 4.03. The van der Waals surface area contributed by atoms with E-state index in [1.54, 1.807) is 5.06 Å². The third-order valence-electron chi connectivity index (χ3n) is 3.13. The van der Waals surface area contributed by atoms with Crippen molar-refractivity contribution in [1.82, 2.24) is 5.06 Å². The van der Waals surface area contributed by atoms with Gasteiger partial charge in [0, 0.05) is 11.1 Å². The van der Waals surface area contributed by atoms with Crippen molar-refractivity contribution >= 4 is 11.8 Å². The van der Waals surface area contributed by atoms with E-state index in [0.29, 0.717) is 0 Å². The zero-order valence-electron chi connectivity index (χ0n) is 10.0. The highest BCUT2D eigenvalue weighted by atomic mass is 32.2. The Labute approximate surface area is 92.0 Å². The van der Waals surface area contributed by atoms with Gasteiger partial charge in [-0.15, -0.1) is 0 Å². The van der Waals surface area contributed by atoms with Crippen LogP contribution in [0.1, 0.15) is 40.5 Å². The van der Waals surface area contributed by atoms with Crippen LogP contribution in [-0.2, 0) is 0 Å². The lowest BCUT2D eigenvalue weighted by atomic mass is 9.76. The molecule has 1 fully saturated rings. The van der Waals surface area contributed by atoms with E-state index < -0.39 is 0 Å². The fourth-order valence-corrected chi connectivity index (χ4v) is 3.54. The molecule has 0 aromatic rings. The summed E-state index contributed by atoms with van der Waals surface area (Å²) in [4.78, 5) is 0. The number of hydroxylamine groups is 2. The zero-order chi connectivity index (χ0) is 11.0. The van der Waals surface area contributed by atoms with Crippen LogP contribution >= 0.6 is 11.8 Å². The molecule has 14 heavy (non-hydrogen) atoms. The second-order valence-electron chi connectivity index (χ2n) is 5.67. The van der Waals surface area contributed by atoms with Crippen molar-refractivity contribution in [2.24, 2.45) is 5.92 Å². The van der Waals surface area contributed by atoms with Gasteiger partial charge in [0.2, 0.25) is 0 Å². The number of piperidine rings is 1. The third kappa shape index (κ3) is 2.44. The predicted molar refractivity (Wildman–Crippen MR) is 62.9 cm³/mol. The van der Waals surface area contributed by atoms with E-state index in [2.05, 4.69) is 34.0 Å². The Morgan fingerprint density at radius 1 is 1.21 bits per heavy atom. The van der Waals surface area contributed by atoms with Crippen LogP contribution in [0.5, 0.6) is 0 Å². The molecule has 0 amide bonds. The molecule has 1 N–H and O–H groups in total. The molecule has 0 radical (unpaired) electrons. The summed E-state index contributed by atoms with van der Waals surface area (Å²) in [5.41, 5.74) is -0.162. The van der Waals surface area contributed by atoms with Crippen LogP contribution in [0, 0.1) is 5.92 Å². The quantitative estimate of drug-likeness (QED) is 0.769. The molecule has 0 saturated carbocycles. The smallest absolute Gasteiger partial charge is 0.0413 e. The molecule has 0 atom stereocenters. The SMILES string of the molecule is CSCC1CC(C)(C)N(O)C(C)(C)C1. The van der Waals surface area contributed by atoms with Gasteiger partial charge in [0.1, 0.15) is 0 Å². The number of rotatable bonds is 2. The topological polar surface area (TPSA) is 23.5 Å². The van der Waals surface area contributed by atoms with Gasteiger partial charge < -0.3 is 5.21 Å². The average Bonchev–Trinajstić information content (AvgIpc) is 1.99. The summed E-state index contributed by atoms with van der Waals surface area (Å²) in [5.74, 6) is 1.94. The average molecular weight is 217 g/mol. The minimum atomic E-state index is -0.0812. The number of hydrogen-bond donors (Lipinski definition) is 1. The van der Waals surface area contributed by atoms with Crippen molar-refractivity contribution in [3.8, 4) is 0 Å². The van der Waals surface area contributed by atoms with Crippen molar-refractivity contribution in [3.05, 3.63) is 0 Å². The van der Waals surface area contributed by atoms with Gasteiger partial charge in [-0.25, -0.2) is 0 Å². The molecule has 0 bridgehead atoms. The lowest BCUT2D eigenvalue weighted by Gasteiger charge is -2.51. The minimum Gasteiger partial charge on any atom is -0.313 e. The summed E-state index contributed by atoms with van der Waals surface area (Å²) in [5, 5.41) is 11.6. The van der Waals surface area contributed by atoms with Crippen molar-refractivity contribution in [1.29, 1.82) is 0 Å². The Morgan fingerprint density at radius 2 is 1.64 bits per heavy atom. The van der Waals surface area contributed by atoms with Gasteiger partial charge in [0.05, 0.1) is 0 Å². The summed E-state index contributed by atoms with van der Waals surface area (Å²) < 4.78 is 0. The maximum Gasteiger partial charge on any atom is 0.0413 e. The molecule has 0 aromatic heterocycles. The highest BCUT2D eigenvalue weighted by Gasteiger charge is 2.44. The third-order valence-corrected chi connectivity index (χ3v) is 3.93. The van der Waals surface area contributed by atoms with Crippen molar-refractivity contribution in [2.75, 3.05) is 12.0 Å². The Balaban J connectivity index is 2.75. The van der Waals surface area contributed by atoms with Crippen molar-refractivity contribution in [2.45, 2.75) is 51.6 Å². The molecule has 1 heterocycles. The largest absolute Gasteiger partial charge is 0.313 e. The monoisotopic (exact) mass is 217 g/mol. The van der Waals surface area contributed by atoms with Crippen LogP contribution in [0.2, 0.25) is 0 Å². The maximum absolute atomic E-state index is 10.1. The second-order valence-corrected chi connectivity index (χ2v) is 6.58. The molecule has 1 saturated heterocycles. The molecule has 1 rings (SSSR count). The molecule has 1 aliphatic heterocycles. The Hall–Kier alpha value is 0.270. The van der Waals surface area contributed by atoms with E-state index in [1.165, 1.54) is 5.75 Å².